The fourth-order valence-electron chi connectivity index (χ4n) is 2.53. The Kier molecular flexibility index (Phi) is 4.74. The zero-order valence-electron chi connectivity index (χ0n) is 12.4. The molecule has 0 unspecified atom stereocenters. The van der Waals surface area contributed by atoms with Crippen LogP contribution < -0.4 is 0 Å². The lowest BCUT2D eigenvalue weighted by atomic mass is 9.91. The van der Waals surface area contributed by atoms with Gasteiger partial charge >= 0.3 is 6.09 Å². The number of nitrogens with zero attached hydrogens (tertiary/aromatic N) is 1. The average molecular weight is 340 g/mol. The van der Waals surface area contributed by atoms with Gasteiger partial charge in [-0.05, 0) is 45.2 Å². The lowest BCUT2D eigenvalue weighted by molar-refractivity contribution is 0.0198. The number of ether oxygens (including phenoxy) is 1. The van der Waals surface area contributed by atoms with Crippen LogP contribution >= 0.6 is 15.9 Å². The second kappa shape index (κ2) is 6.17. The molecule has 1 aromatic carbocycles. The van der Waals surface area contributed by atoms with E-state index < -0.39 is 5.60 Å². The maximum Gasteiger partial charge on any atom is 0.410 e. The van der Waals surface area contributed by atoms with Crippen LogP contribution in [0.15, 0.2) is 28.7 Å². The molecule has 0 N–H and O–H groups in total. The molecule has 20 heavy (non-hydrogen) atoms. The van der Waals surface area contributed by atoms with Crippen LogP contribution in [0.2, 0.25) is 0 Å². The minimum Gasteiger partial charge on any atom is -0.444 e. The van der Waals surface area contributed by atoms with E-state index in [-0.39, 0.29) is 6.09 Å². The van der Waals surface area contributed by atoms with Crippen molar-refractivity contribution in [3.8, 4) is 0 Å². The largest absolute Gasteiger partial charge is 0.444 e. The summed E-state index contributed by atoms with van der Waals surface area (Å²) >= 11 is 3.60. The predicted octanol–water partition coefficient (Wildman–Crippen LogP) is 4.56. The van der Waals surface area contributed by atoms with E-state index in [9.17, 15) is 4.79 Å². The van der Waals surface area contributed by atoms with Crippen LogP contribution in [0.5, 0.6) is 0 Å². The molecule has 1 atom stereocenters. The fourth-order valence-corrected chi connectivity index (χ4v) is 3.14. The van der Waals surface area contributed by atoms with Gasteiger partial charge in [0.25, 0.3) is 0 Å². The SMILES string of the molecule is CC(C)(C)OC(=O)N1CCC[C@@H](c2ccccc2Br)C1. The highest BCUT2D eigenvalue weighted by Crippen LogP contribution is 2.32. The standard InChI is InChI=1S/C16H22BrNO2/c1-16(2,3)20-15(19)18-10-6-7-12(11-18)13-8-4-5-9-14(13)17/h4-5,8-9,12H,6-7,10-11H2,1-3H3/t12-/m1/s1. The van der Waals surface area contributed by atoms with Crippen LogP contribution in [0.1, 0.15) is 45.1 Å². The third-order valence-corrected chi connectivity index (χ3v) is 4.14. The molecule has 0 bridgehead atoms. The first-order valence-corrected chi connectivity index (χ1v) is 7.88. The van der Waals surface area contributed by atoms with Gasteiger partial charge in [-0.1, -0.05) is 34.1 Å². The summed E-state index contributed by atoms with van der Waals surface area (Å²) < 4.78 is 6.59. The molecule has 1 amide bonds. The van der Waals surface area contributed by atoms with Gasteiger partial charge in [0.2, 0.25) is 0 Å². The van der Waals surface area contributed by atoms with E-state index in [4.69, 9.17) is 4.74 Å². The molecule has 0 aliphatic carbocycles. The van der Waals surface area contributed by atoms with Crippen LogP contribution in [-0.2, 0) is 4.74 Å². The van der Waals surface area contributed by atoms with Gasteiger partial charge in [0.15, 0.2) is 0 Å². The van der Waals surface area contributed by atoms with E-state index in [0.29, 0.717) is 5.92 Å². The highest BCUT2D eigenvalue weighted by molar-refractivity contribution is 9.10. The van der Waals surface area contributed by atoms with Crippen molar-refractivity contribution in [3.05, 3.63) is 34.3 Å². The number of carbonyl (C=O) groups is 1. The van der Waals surface area contributed by atoms with E-state index in [1.807, 2.05) is 37.8 Å². The lowest BCUT2D eigenvalue weighted by Gasteiger charge is -2.34. The Morgan fingerprint density at radius 1 is 1.35 bits per heavy atom. The number of amides is 1. The third-order valence-electron chi connectivity index (χ3n) is 3.42. The molecule has 0 saturated carbocycles. The van der Waals surface area contributed by atoms with E-state index in [1.54, 1.807) is 0 Å². The molecular formula is C16H22BrNO2. The number of piperidine rings is 1. The molecule has 110 valence electrons. The highest BCUT2D eigenvalue weighted by Gasteiger charge is 2.28. The summed E-state index contributed by atoms with van der Waals surface area (Å²) in [5.41, 5.74) is 0.845. The van der Waals surface area contributed by atoms with Crippen LogP contribution in [0.4, 0.5) is 4.79 Å². The number of hydrogen-bond donors (Lipinski definition) is 0. The summed E-state index contributed by atoms with van der Waals surface area (Å²) in [5.74, 6) is 0.381. The predicted molar refractivity (Wildman–Crippen MR) is 83.9 cm³/mol. The molecule has 1 aliphatic heterocycles. The second-order valence-electron chi connectivity index (χ2n) is 6.29. The Morgan fingerprint density at radius 2 is 2.05 bits per heavy atom. The van der Waals surface area contributed by atoms with Crippen molar-refractivity contribution >= 4 is 22.0 Å². The summed E-state index contributed by atoms with van der Waals surface area (Å²) in [6.07, 6.45) is 1.93. The van der Waals surface area contributed by atoms with Crippen LogP contribution in [-0.4, -0.2) is 29.7 Å². The molecule has 0 radical (unpaired) electrons. The Hall–Kier alpha value is -1.03. The Morgan fingerprint density at radius 3 is 2.70 bits per heavy atom. The summed E-state index contributed by atoms with van der Waals surface area (Å²) in [4.78, 5) is 14.0. The van der Waals surface area contributed by atoms with Crippen LogP contribution in [0.3, 0.4) is 0 Å². The van der Waals surface area contributed by atoms with Gasteiger partial charge in [-0.2, -0.15) is 0 Å². The Balaban J connectivity index is 2.06. The first kappa shape index (κ1) is 15.4. The third kappa shape index (κ3) is 3.98. The van der Waals surface area contributed by atoms with Gasteiger partial charge in [-0.25, -0.2) is 4.79 Å². The van der Waals surface area contributed by atoms with E-state index in [2.05, 4.69) is 28.1 Å². The number of carbonyl (C=O) groups excluding carboxylic acids is 1. The number of halogens is 1. The van der Waals surface area contributed by atoms with Gasteiger partial charge in [-0.15, -0.1) is 0 Å². The van der Waals surface area contributed by atoms with Gasteiger partial charge in [0.1, 0.15) is 5.60 Å². The van der Waals surface area contributed by atoms with Crippen molar-refractivity contribution in [2.45, 2.75) is 45.1 Å². The minimum atomic E-state index is -0.433. The van der Waals surface area contributed by atoms with Crippen molar-refractivity contribution in [2.75, 3.05) is 13.1 Å². The van der Waals surface area contributed by atoms with Crippen molar-refractivity contribution < 1.29 is 9.53 Å². The molecule has 1 aromatic rings. The quantitative estimate of drug-likeness (QED) is 0.750. The maximum absolute atomic E-state index is 12.2. The number of rotatable bonds is 1. The van der Waals surface area contributed by atoms with Crippen LogP contribution in [0, 0.1) is 0 Å². The molecule has 0 aromatic heterocycles. The Bertz CT molecular complexity index is 482. The van der Waals surface area contributed by atoms with Gasteiger partial charge in [0.05, 0.1) is 0 Å². The average Bonchev–Trinajstić information content (AvgIpc) is 2.37. The van der Waals surface area contributed by atoms with Crippen molar-refractivity contribution in [1.82, 2.24) is 4.90 Å². The molecule has 1 heterocycles. The van der Waals surface area contributed by atoms with E-state index in [0.717, 1.165) is 30.4 Å². The molecule has 1 aliphatic rings. The molecule has 0 spiro atoms. The topological polar surface area (TPSA) is 29.5 Å². The van der Waals surface area contributed by atoms with Crippen molar-refractivity contribution in [3.63, 3.8) is 0 Å². The Labute approximate surface area is 129 Å². The minimum absolute atomic E-state index is 0.200. The second-order valence-corrected chi connectivity index (χ2v) is 7.14. The number of hydrogen-bond acceptors (Lipinski definition) is 2. The van der Waals surface area contributed by atoms with E-state index in [1.165, 1.54) is 5.56 Å². The van der Waals surface area contributed by atoms with Gasteiger partial charge in [-0.3, -0.25) is 0 Å². The lowest BCUT2D eigenvalue weighted by Crippen LogP contribution is -2.42. The molecular weight excluding hydrogens is 318 g/mol. The fraction of sp³-hybridized carbons (Fsp3) is 0.562. The number of benzene rings is 1. The van der Waals surface area contributed by atoms with Gasteiger partial charge in [0, 0.05) is 23.5 Å². The molecule has 1 saturated heterocycles. The summed E-state index contributed by atoms with van der Waals surface area (Å²) in [5, 5.41) is 0. The zero-order valence-corrected chi connectivity index (χ0v) is 13.9. The van der Waals surface area contributed by atoms with Crippen molar-refractivity contribution in [1.29, 1.82) is 0 Å². The monoisotopic (exact) mass is 339 g/mol. The van der Waals surface area contributed by atoms with Gasteiger partial charge < -0.3 is 9.64 Å². The first-order valence-electron chi connectivity index (χ1n) is 7.09. The first-order chi connectivity index (χ1) is 9.37. The van der Waals surface area contributed by atoms with E-state index >= 15 is 0 Å². The summed E-state index contributed by atoms with van der Waals surface area (Å²) in [7, 11) is 0. The van der Waals surface area contributed by atoms with Crippen molar-refractivity contribution in [2.24, 2.45) is 0 Å². The normalized spacial score (nSPS) is 19.8. The molecule has 2 rings (SSSR count). The molecule has 4 heteroatoms. The molecule has 1 fully saturated rings. The molecule has 3 nitrogen and oxygen atoms in total. The zero-order chi connectivity index (χ0) is 14.8. The summed E-state index contributed by atoms with van der Waals surface area (Å²) in [6.45, 7) is 7.23. The smallest absolute Gasteiger partial charge is 0.410 e. The summed E-state index contributed by atoms with van der Waals surface area (Å²) in [6, 6.07) is 8.25. The van der Waals surface area contributed by atoms with Crippen LogP contribution in [0.25, 0.3) is 0 Å². The highest BCUT2D eigenvalue weighted by atomic mass is 79.9. The maximum atomic E-state index is 12.2. The number of likely N-dealkylation sites (tertiary alicyclic amines) is 1.